The van der Waals surface area contributed by atoms with Crippen LogP contribution in [-0.4, -0.2) is 5.97 Å². The fraction of sp³-hybridized carbons (Fsp3) is 0.500. The van der Waals surface area contributed by atoms with Crippen LogP contribution in [0.15, 0.2) is 0 Å². The molecule has 0 saturated carbocycles. The summed E-state index contributed by atoms with van der Waals surface area (Å²) in [6.07, 6.45) is 0. The molecule has 0 atom stereocenters. The summed E-state index contributed by atoms with van der Waals surface area (Å²) in [5, 5.41) is 8.89. The molecule has 0 aliphatic rings. The molecule has 5 heteroatoms. The molecule has 0 aromatic heterocycles. The normalized spacial score (nSPS) is 3.57. The minimum Gasteiger partial charge on any atom is -1.00 e. The third-order valence-electron chi connectivity index (χ3n) is 0. The predicted octanol–water partition coefficient (Wildman–Crippen LogP) is -3.82. The molecule has 2 nitrogen and oxygen atoms in total. The summed E-state index contributed by atoms with van der Waals surface area (Å²) < 4.78 is 0. The van der Waals surface area contributed by atoms with Crippen LogP contribution in [0.2, 0.25) is 0 Å². The van der Waals surface area contributed by atoms with Gasteiger partial charge in [0, 0.05) is 5.97 Å². The van der Waals surface area contributed by atoms with Crippen molar-refractivity contribution < 1.29 is 44.0 Å². The number of halogens is 2. The summed E-state index contributed by atoms with van der Waals surface area (Å²) >= 11 is 0. The van der Waals surface area contributed by atoms with Gasteiger partial charge in [-0.25, -0.2) is 0 Å². The standard InChI is InChI=1S/C2H4O2.2ClH.Ti/c1-2(3)4;;;/h1H3,(H,3,4);2*1H;/q;;;+2/p-2. The van der Waals surface area contributed by atoms with Crippen LogP contribution in [0.3, 0.4) is 0 Å². The number of carboxylic acid groups (broad SMARTS) is 1. The molecule has 0 N–H and O–H groups in total. The first-order valence-corrected chi connectivity index (χ1v) is 0.908. The Balaban J connectivity index is -0.0000000150. The van der Waals surface area contributed by atoms with Crippen molar-refractivity contribution >= 4 is 18.4 Å². The van der Waals surface area contributed by atoms with Gasteiger partial charge in [0.2, 0.25) is 0 Å². The molecule has 0 fully saturated rings. The zero-order valence-corrected chi connectivity index (χ0v) is 6.74. The molecule has 0 aliphatic heterocycles. The van der Waals surface area contributed by atoms with Gasteiger partial charge in [0.25, 0.3) is 0 Å². The Labute approximate surface area is 69.4 Å². The topological polar surface area (TPSA) is 40.1 Å². The van der Waals surface area contributed by atoms with Crippen LogP contribution in [0.1, 0.15) is 6.92 Å². The van der Waals surface area contributed by atoms with E-state index < -0.39 is 5.97 Å². The smallest absolute Gasteiger partial charge is 1.00 e. The Morgan fingerprint density at radius 2 is 1.57 bits per heavy atom. The van der Waals surface area contributed by atoms with Gasteiger partial charge in [-0.2, -0.15) is 0 Å². The minimum absolute atomic E-state index is 0. The van der Waals surface area contributed by atoms with Crippen molar-refractivity contribution in [2.75, 3.05) is 0 Å². The van der Waals surface area contributed by atoms with Gasteiger partial charge in [-0.15, -0.1) is 12.4 Å². The molecule has 7 heavy (non-hydrogen) atoms. The second-order valence-electron chi connectivity index (χ2n) is 0.492. The van der Waals surface area contributed by atoms with Gasteiger partial charge < -0.3 is 22.3 Å². The number of rotatable bonds is 0. The number of aliphatic carboxylic acids is 1. The number of hydrogen-bond acceptors (Lipinski definition) is 2. The fourth-order valence-electron chi connectivity index (χ4n) is 0. The maximum atomic E-state index is 8.89. The van der Waals surface area contributed by atoms with Crippen LogP contribution in [0.25, 0.3) is 0 Å². The van der Waals surface area contributed by atoms with Crippen LogP contribution >= 0.6 is 12.4 Å². The maximum Gasteiger partial charge on any atom is 2.00 e. The maximum absolute atomic E-state index is 8.89. The van der Waals surface area contributed by atoms with Gasteiger partial charge in [0.15, 0.2) is 0 Å². The van der Waals surface area contributed by atoms with Crippen LogP contribution < -0.4 is 17.5 Å². The third kappa shape index (κ3) is 263. The van der Waals surface area contributed by atoms with E-state index >= 15 is 0 Å². The number of carbonyl (C=O) groups excluding carboxylic acids is 1. The van der Waals surface area contributed by atoms with Gasteiger partial charge in [-0.3, -0.25) is 0 Å². The summed E-state index contributed by atoms with van der Waals surface area (Å²) in [4.78, 5) is 8.89. The van der Waals surface area contributed by atoms with E-state index in [2.05, 4.69) is 0 Å². The second-order valence-corrected chi connectivity index (χ2v) is 0.492. The van der Waals surface area contributed by atoms with E-state index in [0.717, 1.165) is 6.92 Å². The van der Waals surface area contributed by atoms with E-state index in [1.807, 2.05) is 0 Å². The molecule has 0 bridgehead atoms. The Morgan fingerprint density at radius 3 is 1.57 bits per heavy atom. The fourth-order valence-corrected chi connectivity index (χ4v) is 0. The van der Waals surface area contributed by atoms with Crippen LogP contribution in [0, 0.1) is 0 Å². The minimum atomic E-state index is -1.08. The van der Waals surface area contributed by atoms with Crippen LogP contribution in [-0.2, 0) is 26.5 Å². The van der Waals surface area contributed by atoms with Crippen molar-refractivity contribution in [3.05, 3.63) is 0 Å². The summed E-state index contributed by atoms with van der Waals surface area (Å²) in [5.74, 6) is -1.08. The van der Waals surface area contributed by atoms with Crippen LogP contribution in [0.5, 0.6) is 0 Å². The van der Waals surface area contributed by atoms with Crippen molar-refractivity contribution in [2.45, 2.75) is 6.92 Å². The average molecular weight is 179 g/mol. The monoisotopic (exact) mass is 178 g/mol. The third-order valence-corrected chi connectivity index (χ3v) is 0. The molecule has 0 amide bonds. The molecule has 0 aromatic rings. The van der Waals surface area contributed by atoms with Gasteiger partial charge in [-0.05, 0) is 6.92 Å². The summed E-state index contributed by atoms with van der Waals surface area (Å²) in [5.41, 5.74) is 0. The molecular weight excluding hydrogens is 175 g/mol. The SMILES string of the molecule is CC(=O)[O-].Cl.[Cl-].[Ti+2]. The number of carboxylic acids is 1. The zero-order chi connectivity index (χ0) is 3.58. The van der Waals surface area contributed by atoms with E-state index in [1.54, 1.807) is 0 Å². The van der Waals surface area contributed by atoms with Crippen molar-refractivity contribution in [3.8, 4) is 0 Å². The molecule has 42 valence electrons. The molecule has 0 aliphatic carbocycles. The largest absolute Gasteiger partial charge is 2.00 e. The van der Waals surface area contributed by atoms with Gasteiger partial charge >= 0.3 is 21.7 Å². The molecule has 0 unspecified atom stereocenters. The van der Waals surface area contributed by atoms with E-state index in [4.69, 9.17) is 9.90 Å². The Morgan fingerprint density at radius 1 is 1.57 bits per heavy atom. The zero-order valence-electron chi connectivity index (χ0n) is 3.60. The quantitative estimate of drug-likeness (QED) is 0.357. The Bertz CT molecular complexity index is 36.7. The van der Waals surface area contributed by atoms with E-state index in [0.29, 0.717) is 0 Å². The molecular formula is C2H4Cl2O2Ti. The van der Waals surface area contributed by atoms with E-state index in [1.165, 1.54) is 0 Å². The summed E-state index contributed by atoms with van der Waals surface area (Å²) in [7, 11) is 0. The molecule has 0 heterocycles. The molecule has 0 radical (unpaired) electrons. The Hall–Kier alpha value is 0.764. The first-order valence-electron chi connectivity index (χ1n) is 0.908. The van der Waals surface area contributed by atoms with Crippen molar-refractivity contribution in [2.24, 2.45) is 0 Å². The first-order chi connectivity index (χ1) is 1.73. The first kappa shape index (κ1) is 25.1. The molecule has 0 aromatic carbocycles. The van der Waals surface area contributed by atoms with E-state index in [-0.39, 0.29) is 46.5 Å². The van der Waals surface area contributed by atoms with E-state index in [9.17, 15) is 0 Å². The van der Waals surface area contributed by atoms with Crippen molar-refractivity contribution in [3.63, 3.8) is 0 Å². The van der Waals surface area contributed by atoms with Crippen molar-refractivity contribution in [1.82, 2.24) is 0 Å². The summed E-state index contributed by atoms with van der Waals surface area (Å²) in [6.45, 7) is 0.972. The average Bonchev–Trinajstić information content (AvgIpc) is 0.811. The second kappa shape index (κ2) is 15.9. The molecule has 0 spiro atoms. The van der Waals surface area contributed by atoms with Gasteiger partial charge in [0.05, 0.1) is 0 Å². The number of hydrogen-bond donors (Lipinski definition) is 0. The van der Waals surface area contributed by atoms with Gasteiger partial charge in [-0.1, -0.05) is 0 Å². The molecule has 0 saturated heterocycles. The Kier molecular flexibility index (Phi) is 56.8. The summed E-state index contributed by atoms with van der Waals surface area (Å²) in [6, 6.07) is 0. The van der Waals surface area contributed by atoms with Crippen molar-refractivity contribution in [1.29, 1.82) is 0 Å². The molecule has 0 rings (SSSR count). The number of carbonyl (C=O) groups is 1. The van der Waals surface area contributed by atoms with Gasteiger partial charge in [0.1, 0.15) is 0 Å². The predicted molar refractivity (Wildman–Crippen MR) is 17.9 cm³/mol. The van der Waals surface area contributed by atoms with Crippen LogP contribution in [0.4, 0.5) is 0 Å².